The van der Waals surface area contributed by atoms with Crippen LogP contribution in [0.4, 0.5) is 0 Å². The van der Waals surface area contributed by atoms with Crippen LogP contribution in [-0.4, -0.2) is 30.9 Å². The summed E-state index contributed by atoms with van der Waals surface area (Å²) in [7, 11) is 0. The molecule has 0 N–H and O–H groups in total. The largest absolute Gasteiger partial charge is 0.463 e. The molecule has 0 atom stereocenters. The van der Waals surface area contributed by atoms with Crippen LogP contribution in [0.5, 0.6) is 0 Å². The third kappa shape index (κ3) is 5.41. The molecular formula is C21H20O5. The Morgan fingerprint density at radius 1 is 0.808 bits per heavy atom. The molecule has 2 aromatic carbocycles. The highest BCUT2D eigenvalue weighted by Gasteiger charge is 2.18. The fourth-order valence-electron chi connectivity index (χ4n) is 2.28. The zero-order valence-electron chi connectivity index (χ0n) is 14.4. The summed E-state index contributed by atoms with van der Waals surface area (Å²) in [6, 6.07) is 15.4. The minimum Gasteiger partial charge on any atom is -0.463 e. The van der Waals surface area contributed by atoms with Crippen molar-refractivity contribution in [3.05, 3.63) is 83.9 Å². The average molecular weight is 352 g/mol. The lowest BCUT2D eigenvalue weighted by Crippen LogP contribution is -2.13. The van der Waals surface area contributed by atoms with Crippen LogP contribution < -0.4 is 0 Å². The van der Waals surface area contributed by atoms with Crippen molar-refractivity contribution in [3.63, 3.8) is 0 Å². The molecule has 0 aliphatic carbocycles. The molecule has 0 saturated heterocycles. The number of ether oxygens (including phenoxy) is 2. The lowest BCUT2D eigenvalue weighted by atomic mass is 9.98. The van der Waals surface area contributed by atoms with Crippen LogP contribution in [0.1, 0.15) is 39.1 Å². The van der Waals surface area contributed by atoms with E-state index >= 15 is 0 Å². The van der Waals surface area contributed by atoms with Crippen LogP contribution in [0, 0.1) is 0 Å². The third-order valence-corrected chi connectivity index (χ3v) is 3.61. The van der Waals surface area contributed by atoms with Gasteiger partial charge in [0, 0.05) is 17.2 Å². The van der Waals surface area contributed by atoms with Crippen LogP contribution in [0.25, 0.3) is 0 Å². The summed E-state index contributed by atoms with van der Waals surface area (Å²) in [4.78, 5) is 35.8. The Morgan fingerprint density at radius 3 is 2.04 bits per heavy atom. The van der Waals surface area contributed by atoms with E-state index in [2.05, 4.69) is 6.58 Å². The summed E-state index contributed by atoms with van der Waals surface area (Å²) in [6.07, 6.45) is 2.21. The van der Waals surface area contributed by atoms with Crippen LogP contribution in [0.3, 0.4) is 0 Å². The smallest absolute Gasteiger partial charge is 0.338 e. The number of carbonyl (C=O) groups is 3. The molecule has 0 aromatic heterocycles. The lowest BCUT2D eigenvalue weighted by molar-refractivity contribution is -0.137. The second-order valence-electron chi connectivity index (χ2n) is 5.46. The second-order valence-corrected chi connectivity index (χ2v) is 5.46. The Labute approximate surface area is 152 Å². The van der Waals surface area contributed by atoms with Crippen molar-refractivity contribution < 1.29 is 23.9 Å². The minimum absolute atomic E-state index is 0.179. The summed E-state index contributed by atoms with van der Waals surface area (Å²) in [5.74, 6) is -1.25. The molecule has 0 aliphatic heterocycles. The minimum atomic E-state index is -0.548. The summed E-state index contributed by atoms with van der Waals surface area (Å²) < 4.78 is 10.1. The maximum absolute atomic E-state index is 12.6. The molecule has 5 heteroatoms. The van der Waals surface area contributed by atoms with E-state index in [4.69, 9.17) is 9.47 Å². The van der Waals surface area contributed by atoms with Gasteiger partial charge in [0.1, 0.15) is 0 Å². The molecule has 0 heterocycles. The normalized spacial score (nSPS) is 10.0. The molecule has 0 aliphatic rings. The molecule has 2 rings (SSSR count). The second kappa shape index (κ2) is 9.93. The van der Waals surface area contributed by atoms with Crippen molar-refractivity contribution >= 4 is 17.7 Å². The van der Waals surface area contributed by atoms with E-state index < -0.39 is 11.9 Å². The molecule has 0 fully saturated rings. The first-order chi connectivity index (χ1) is 12.6. The lowest BCUT2D eigenvalue weighted by Gasteiger charge is -2.09. The van der Waals surface area contributed by atoms with Crippen molar-refractivity contribution in [1.29, 1.82) is 0 Å². The molecule has 0 bridgehead atoms. The zero-order chi connectivity index (χ0) is 18.8. The van der Waals surface area contributed by atoms with Gasteiger partial charge in [-0.3, -0.25) is 4.79 Å². The summed E-state index contributed by atoms with van der Waals surface area (Å²) in [5, 5.41) is 0. The van der Waals surface area contributed by atoms with Crippen molar-refractivity contribution in [2.24, 2.45) is 0 Å². The molecule has 26 heavy (non-hydrogen) atoms. The van der Waals surface area contributed by atoms with Gasteiger partial charge in [0.15, 0.2) is 5.78 Å². The van der Waals surface area contributed by atoms with E-state index in [0.29, 0.717) is 24.0 Å². The van der Waals surface area contributed by atoms with Gasteiger partial charge in [0.2, 0.25) is 0 Å². The number of unbranched alkanes of at least 4 members (excludes halogenated alkanes) is 1. The Bertz CT molecular complexity index is 780. The molecular weight excluding hydrogens is 332 g/mol. The molecule has 2 aromatic rings. The zero-order valence-corrected chi connectivity index (χ0v) is 14.4. The average Bonchev–Trinajstić information content (AvgIpc) is 2.70. The molecule has 0 saturated carbocycles. The third-order valence-electron chi connectivity index (χ3n) is 3.61. The number of carbonyl (C=O) groups excluding carboxylic acids is 3. The van der Waals surface area contributed by atoms with Crippen LogP contribution >= 0.6 is 0 Å². The van der Waals surface area contributed by atoms with Crippen molar-refractivity contribution in [1.82, 2.24) is 0 Å². The maximum Gasteiger partial charge on any atom is 0.338 e. The van der Waals surface area contributed by atoms with Gasteiger partial charge in [-0.1, -0.05) is 55.1 Å². The van der Waals surface area contributed by atoms with Gasteiger partial charge < -0.3 is 9.47 Å². The molecule has 134 valence electrons. The highest BCUT2D eigenvalue weighted by atomic mass is 16.5. The Balaban J connectivity index is 1.92. The summed E-state index contributed by atoms with van der Waals surface area (Å²) in [6.45, 7) is 3.73. The fourth-order valence-corrected chi connectivity index (χ4v) is 2.28. The predicted octanol–water partition coefficient (Wildman–Crippen LogP) is 3.58. The first-order valence-electron chi connectivity index (χ1n) is 8.28. The first-order valence-corrected chi connectivity index (χ1v) is 8.28. The van der Waals surface area contributed by atoms with Gasteiger partial charge in [-0.2, -0.15) is 0 Å². The van der Waals surface area contributed by atoms with Gasteiger partial charge in [-0.25, -0.2) is 9.59 Å². The topological polar surface area (TPSA) is 69.7 Å². The van der Waals surface area contributed by atoms with Gasteiger partial charge in [0.05, 0.1) is 18.8 Å². The van der Waals surface area contributed by atoms with Gasteiger partial charge >= 0.3 is 11.9 Å². The predicted molar refractivity (Wildman–Crippen MR) is 97.0 cm³/mol. The Hall–Kier alpha value is -3.21. The molecule has 0 unspecified atom stereocenters. The maximum atomic E-state index is 12.6. The number of esters is 2. The highest BCUT2D eigenvalue weighted by molar-refractivity contribution is 6.14. The van der Waals surface area contributed by atoms with Gasteiger partial charge in [0.25, 0.3) is 0 Å². The van der Waals surface area contributed by atoms with Crippen LogP contribution in [0.15, 0.2) is 67.3 Å². The molecule has 0 radical (unpaired) electrons. The fraction of sp³-hybridized carbons (Fsp3) is 0.190. The van der Waals surface area contributed by atoms with E-state index in [1.54, 1.807) is 48.5 Å². The van der Waals surface area contributed by atoms with Crippen LogP contribution in [0.2, 0.25) is 0 Å². The summed E-state index contributed by atoms with van der Waals surface area (Å²) in [5.41, 5.74) is 1.06. The van der Waals surface area contributed by atoms with Crippen LogP contribution in [-0.2, 0) is 14.3 Å². The van der Waals surface area contributed by atoms with E-state index in [1.165, 1.54) is 0 Å². The van der Waals surface area contributed by atoms with Gasteiger partial charge in [-0.15, -0.1) is 0 Å². The Kier molecular flexibility index (Phi) is 7.31. The van der Waals surface area contributed by atoms with E-state index in [1.807, 2.05) is 6.07 Å². The number of hydrogen-bond donors (Lipinski definition) is 0. The number of rotatable bonds is 9. The summed E-state index contributed by atoms with van der Waals surface area (Å²) >= 11 is 0. The molecule has 5 nitrogen and oxygen atoms in total. The van der Waals surface area contributed by atoms with E-state index in [-0.39, 0.29) is 24.6 Å². The van der Waals surface area contributed by atoms with Crippen molar-refractivity contribution in [2.45, 2.75) is 12.8 Å². The number of ketones is 1. The van der Waals surface area contributed by atoms with Crippen molar-refractivity contribution in [2.75, 3.05) is 13.2 Å². The number of benzene rings is 2. The van der Waals surface area contributed by atoms with E-state index in [9.17, 15) is 14.4 Å². The SMILES string of the molecule is C=CC(=O)OCCCCOC(=O)c1ccccc1C(=O)c1ccccc1. The standard InChI is InChI=1S/C21H20O5/c1-2-19(22)25-14-8-9-15-26-21(24)18-13-7-6-12-17(18)20(23)16-10-4-3-5-11-16/h2-7,10-13H,1,8-9,14-15H2. The highest BCUT2D eigenvalue weighted by Crippen LogP contribution is 2.16. The first kappa shape index (κ1) is 19.1. The Morgan fingerprint density at radius 2 is 1.38 bits per heavy atom. The van der Waals surface area contributed by atoms with Gasteiger partial charge in [-0.05, 0) is 18.9 Å². The quantitative estimate of drug-likeness (QED) is 0.299. The molecule has 0 amide bonds. The number of hydrogen-bond acceptors (Lipinski definition) is 5. The van der Waals surface area contributed by atoms with Crippen molar-refractivity contribution in [3.8, 4) is 0 Å². The van der Waals surface area contributed by atoms with E-state index in [0.717, 1.165) is 6.08 Å². The molecule has 0 spiro atoms. The monoisotopic (exact) mass is 352 g/mol.